The molecule has 92 valence electrons. The average molecular weight is 232 g/mol. The predicted octanol–water partition coefficient (Wildman–Crippen LogP) is 4.52. The molecular formula is C15H20O2. The Hall–Kier alpha value is -1.44. The van der Waals surface area contributed by atoms with Crippen molar-refractivity contribution in [2.75, 3.05) is 0 Å². The van der Waals surface area contributed by atoms with E-state index in [0.717, 1.165) is 17.9 Å². The molecule has 2 rings (SSSR count). The second-order valence-electron chi connectivity index (χ2n) is 5.53. The summed E-state index contributed by atoms with van der Waals surface area (Å²) in [6, 6.07) is 6.18. The van der Waals surface area contributed by atoms with Crippen LogP contribution < -0.4 is 0 Å². The standard InChI is InChI=1S/C15H20O2/c1-11(2)14-6-5-13(17-14)9-15(3,4)12-7-8-16-10-12/h5-8,10-11H,9H2,1-4H3. The molecule has 0 N–H and O–H groups in total. The lowest BCUT2D eigenvalue weighted by molar-refractivity contribution is 0.399. The lowest BCUT2D eigenvalue weighted by Crippen LogP contribution is -2.19. The fourth-order valence-corrected chi connectivity index (χ4v) is 1.99. The van der Waals surface area contributed by atoms with Crippen LogP contribution in [0.25, 0.3) is 0 Å². The van der Waals surface area contributed by atoms with Gasteiger partial charge in [0.2, 0.25) is 0 Å². The van der Waals surface area contributed by atoms with Gasteiger partial charge in [0.25, 0.3) is 0 Å². The van der Waals surface area contributed by atoms with Crippen molar-refractivity contribution in [2.24, 2.45) is 0 Å². The van der Waals surface area contributed by atoms with Crippen molar-refractivity contribution in [1.29, 1.82) is 0 Å². The zero-order valence-corrected chi connectivity index (χ0v) is 11.0. The van der Waals surface area contributed by atoms with Gasteiger partial charge in [-0.2, -0.15) is 0 Å². The molecule has 17 heavy (non-hydrogen) atoms. The summed E-state index contributed by atoms with van der Waals surface area (Å²) in [5, 5.41) is 0. The molecule has 0 saturated heterocycles. The molecule has 0 radical (unpaired) electrons. The first kappa shape index (κ1) is 12.0. The molecule has 2 heteroatoms. The lowest BCUT2D eigenvalue weighted by Gasteiger charge is -2.21. The van der Waals surface area contributed by atoms with E-state index < -0.39 is 0 Å². The average Bonchev–Trinajstić information content (AvgIpc) is 2.85. The van der Waals surface area contributed by atoms with E-state index >= 15 is 0 Å². The van der Waals surface area contributed by atoms with Gasteiger partial charge in [0.05, 0.1) is 12.5 Å². The Labute approximate surface area is 103 Å². The Kier molecular flexibility index (Phi) is 3.14. The molecule has 0 aromatic carbocycles. The van der Waals surface area contributed by atoms with Gasteiger partial charge in [-0.3, -0.25) is 0 Å². The summed E-state index contributed by atoms with van der Waals surface area (Å²) >= 11 is 0. The second kappa shape index (κ2) is 4.44. The van der Waals surface area contributed by atoms with Crippen LogP contribution in [0.3, 0.4) is 0 Å². The van der Waals surface area contributed by atoms with E-state index in [4.69, 9.17) is 8.83 Å². The molecule has 0 bridgehead atoms. The van der Waals surface area contributed by atoms with Crippen LogP contribution in [0.15, 0.2) is 39.6 Å². The summed E-state index contributed by atoms with van der Waals surface area (Å²) < 4.78 is 11.0. The van der Waals surface area contributed by atoms with Crippen molar-refractivity contribution in [3.63, 3.8) is 0 Å². The third-order valence-corrected chi connectivity index (χ3v) is 3.17. The van der Waals surface area contributed by atoms with Gasteiger partial charge < -0.3 is 8.83 Å². The van der Waals surface area contributed by atoms with Crippen LogP contribution in [0.4, 0.5) is 0 Å². The molecule has 0 saturated carbocycles. The molecule has 0 atom stereocenters. The van der Waals surface area contributed by atoms with E-state index in [-0.39, 0.29) is 5.41 Å². The van der Waals surface area contributed by atoms with Gasteiger partial charge in [-0.1, -0.05) is 27.7 Å². The molecule has 2 aromatic heterocycles. The van der Waals surface area contributed by atoms with Crippen molar-refractivity contribution in [2.45, 2.75) is 45.4 Å². The van der Waals surface area contributed by atoms with Crippen molar-refractivity contribution in [3.05, 3.63) is 47.8 Å². The van der Waals surface area contributed by atoms with Crippen LogP contribution in [0.5, 0.6) is 0 Å². The van der Waals surface area contributed by atoms with E-state index in [1.54, 1.807) is 6.26 Å². The molecule has 0 unspecified atom stereocenters. The van der Waals surface area contributed by atoms with Crippen LogP contribution in [0.2, 0.25) is 0 Å². The minimum atomic E-state index is 0.0408. The number of hydrogen-bond donors (Lipinski definition) is 0. The zero-order valence-electron chi connectivity index (χ0n) is 11.0. The highest BCUT2D eigenvalue weighted by Crippen LogP contribution is 2.29. The SMILES string of the molecule is CC(C)c1ccc(CC(C)(C)c2ccoc2)o1. The molecular weight excluding hydrogens is 212 g/mol. The van der Waals surface area contributed by atoms with Crippen molar-refractivity contribution in [3.8, 4) is 0 Å². The summed E-state index contributed by atoms with van der Waals surface area (Å²) in [7, 11) is 0. The van der Waals surface area contributed by atoms with Crippen LogP contribution in [0, 0.1) is 0 Å². The summed E-state index contributed by atoms with van der Waals surface area (Å²) in [5.74, 6) is 2.55. The first-order valence-corrected chi connectivity index (χ1v) is 6.10. The normalized spacial score (nSPS) is 12.3. The Morgan fingerprint density at radius 1 is 1.18 bits per heavy atom. The molecule has 0 fully saturated rings. The predicted molar refractivity (Wildman–Crippen MR) is 68.2 cm³/mol. The van der Waals surface area contributed by atoms with Gasteiger partial charge in [-0.25, -0.2) is 0 Å². The quantitative estimate of drug-likeness (QED) is 0.774. The Bertz CT molecular complexity index is 461. The second-order valence-corrected chi connectivity index (χ2v) is 5.53. The maximum atomic E-state index is 5.85. The van der Waals surface area contributed by atoms with Crippen LogP contribution in [0.1, 0.15) is 50.7 Å². The van der Waals surface area contributed by atoms with Gasteiger partial charge in [-0.15, -0.1) is 0 Å². The van der Waals surface area contributed by atoms with Gasteiger partial charge in [0, 0.05) is 12.3 Å². The minimum Gasteiger partial charge on any atom is -0.472 e. The third kappa shape index (κ3) is 2.63. The molecule has 0 spiro atoms. The molecule has 0 aliphatic carbocycles. The smallest absolute Gasteiger partial charge is 0.106 e. The van der Waals surface area contributed by atoms with Crippen molar-refractivity contribution >= 4 is 0 Å². The first-order chi connectivity index (χ1) is 7.99. The molecule has 0 aliphatic rings. The molecule has 2 aromatic rings. The Morgan fingerprint density at radius 2 is 1.94 bits per heavy atom. The van der Waals surface area contributed by atoms with Crippen LogP contribution in [-0.2, 0) is 11.8 Å². The van der Waals surface area contributed by atoms with Crippen LogP contribution >= 0.6 is 0 Å². The summed E-state index contributed by atoms with van der Waals surface area (Å²) in [6.45, 7) is 8.69. The summed E-state index contributed by atoms with van der Waals surface area (Å²) in [6.07, 6.45) is 4.42. The zero-order chi connectivity index (χ0) is 12.5. The minimum absolute atomic E-state index is 0.0408. The highest BCUT2D eigenvalue weighted by Gasteiger charge is 2.24. The highest BCUT2D eigenvalue weighted by atomic mass is 16.3. The summed E-state index contributed by atoms with van der Waals surface area (Å²) in [4.78, 5) is 0. The van der Waals surface area contributed by atoms with Crippen molar-refractivity contribution in [1.82, 2.24) is 0 Å². The summed E-state index contributed by atoms with van der Waals surface area (Å²) in [5.41, 5.74) is 1.25. The topological polar surface area (TPSA) is 26.3 Å². The van der Waals surface area contributed by atoms with Gasteiger partial charge >= 0.3 is 0 Å². The number of hydrogen-bond acceptors (Lipinski definition) is 2. The highest BCUT2D eigenvalue weighted by molar-refractivity contribution is 5.22. The number of furan rings is 2. The third-order valence-electron chi connectivity index (χ3n) is 3.17. The fourth-order valence-electron chi connectivity index (χ4n) is 1.99. The molecule has 2 nitrogen and oxygen atoms in total. The van der Waals surface area contributed by atoms with E-state index in [2.05, 4.69) is 39.8 Å². The van der Waals surface area contributed by atoms with E-state index in [9.17, 15) is 0 Å². The van der Waals surface area contributed by atoms with Gasteiger partial charge in [0.1, 0.15) is 11.5 Å². The monoisotopic (exact) mass is 232 g/mol. The fraction of sp³-hybridized carbons (Fsp3) is 0.467. The number of rotatable bonds is 4. The Balaban J connectivity index is 2.14. The van der Waals surface area contributed by atoms with Crippen molar-refractivity contribution < 1.29 is 8.83 Å². The van der Waals surface area contributed by atoms with E-state index in [1.807, 2.05) is 12.3 Å². The lowest BCUT2D eigenvalue weighted by atomic mass is 9.82. The molecule has 2 heterocycles. The maximum absolute atomic E-state index is 5.85. The largest absolute Gasteiger partial charge is 0.472 e. The maximum Gasteiger partial charge on any atom is 0.106 e. The van der Waals surface area contributed by atoms with Crippen LogP contribution in [-0.4, -0.2) is 0 Å². The molecule has 0 aliphatic heterocycles. The van der Waals surface area contributed by atoms with E-state index in [0.29, 0.717) is 5.92 Å². The van der Waals surface area contributed by atoms with Gasteiger partial charge in [0.15, 0.2) is 0 Å². The van der Waals surface area contributed by atoms with Gasteiger partial charge in [-0.05, 0) is 29.2 Å². The van der Waals surface area contributed by atoms with E-state index in [1.165, 1.54) is 5.56 Å². The first-order valence-electron chi connectivity index (χ1n) is 6.10. The Morgan fingerprint density at radius 3 is 2.47 bits per heavy atom. The molecule has 0 amide bonds.